The van der Waals surface area contributed by atoms with Gasteiger partial charge in [-0.05, 0) is 48.4 Å². The monoisotopic (exact) mass is 386 g/mol. The summed E-state index contributed by atoms with van der Waals surface area (Å²) in [6, 6.07) is 15.4. The molecule has 2 aromatic carbocycles. The highest BCUT2D eigenvalue weighted by molar-refractivity contribution is 6.31. The minimum Gasteiger partial charge on any atom is -0.322 e. The van der Waals surface area contributed by atoms with Crippen molar-refractivity contribution in [3.05, 3.63) is 97.9 Å². The number of nitrogens with one attached hydrogen (secondary N) is 1. The quantitative estimate of drug-likeness (QED) is 0.702. The van der Waals surface area contributed by atoms with Crippen molar-refractivity contribution >= 4 is 34.8 Å². The summed E-state index contributed by atoms with van der Waals surface area (Å²) in [7, 11) is 0. The Hall–Kier alpha value is -2.56. The Morgan fingerprint density at radius 1 is 1.04 bits per heavy atom. The van der Waals surface area contributed by atoms with E-state index in [4.69, 9.17) is 23.2 Å². The Morgan fingerprint density at radius 3 is 2.50 bits per heavy atom. The van der Waals surface area contributed by atoms with Crippen molar-refractivity contribution in [3.63, 3.8) is 0 Å². The Bertz CT molecular complexity index is 1010. The third kappa shape index (κ3) is 4.15. The number of amides is 1. The van der Waals surface area contributed by atoms with Gasteiger partial charge in [0.05, 0.1) is 12.1 Å². The van der Waals surface area contributed by atoms with Crippen molar-refractivity contribution in [2.75, 3.05) is 5.32 Å². The Balaban J connectivity index is 1.84. The lowest BCUT2D eigenvalue weighted by molar-refractivity contribution is 0.102. The largest absolute Gasteiger partial charge is 0.322 e. The second kappa shape index (κ2) is 7.77. The van der Waals surface area contributed by atoms with Crippen LogP contribution in [0.1, 0.15) is 21.5 Å². The minimum atomic E-state index is -0.305. The van der Waals surface area contributed by atoms with E-state index in [9.17, 15) is 9.59 Å². The van der Waals surface area contributed by atoms with Crippen molar-refractivity contribution in [2.45, 2.75) is 13.5 Å². The number of rotatable bonds is 4. The smallest absolute Gasteiger partial charge is 0.257 e. The predicted octanol–water partition coefficient (Wildman–Crippen LogP) is 4.76. The first-order valence-electron chi connectivity index (χ1n) is 7.95. The third-order valence-corrected chi connectivity index (χ3v) is 4.69. The van der Waals surface area contributed by atoms with Crippen LogP contribution in [0, 0.1) is 6.92 Å². The second-order valence-corrected chi connectivity index (χ2v) is 6.72. The molecular formula is C20H16Cl2N2O2. The van der Waals surface area contributed by atoms with Gasteiger partial charge in [0.1, 0.15) is 0 Å². The van der Waals surface area contributed by atoms with Crippen LogP contribution in [-0.2, 0) is 6.54 Å². The molecule has 6 heteroatoms. The van der Waals surface area contributed by atoms with Gasteiger partial charge in [0.25, 0.3) is 11.5 Å². The fourth-order valence-electron chi connectivity index (χ4n) is 2.51. The molecule has 0 aliphatic carbocycles. The topological polar surface area (TPSA) is 51.1 Å². The van der Waals surface area contributed by atoms with E-state index in [1.165, 1.54) is 16.7 Å². The molecule has 0 saturated carbocycles. The van der Waals surface area contributed by atoms with E-state index < -0.39 is 0 Å². The molecule has 0 unspecified atom stereocenters. The van der Waals surface area contributed by atoms with Crippen LogP contribution in [0.2, 0.25) is 10.0 Å². The Morgan fingerprint density at radius 2 is 1.77 bits per heavy atom. The van der Waals surface area contributed by atoms with Gasteiger partial charge in [-0.25, -0.2) is 0 Å². The van der Waals surface area contributed by atoms with Gasteiger partial charge in [-0.1, -0.05) is 41.4 Å². The van der Waals surface area contributed by atoms with E-state index in [2.05, 4.69) is 5.32 Å². The van der Waals surface area contributed by atoms with Crippen LogP contribution in [-0.4, -0.2) is 10.5 Å². The molecule has 0 radical (unpaired) electrons. The van der Waals surface area contributed by atoms with E-state index in [0.717, 1.165) is 11.1 Å². The first-order chi connectivity index (χ1) is 12.4. The number of anilines is 1. The maximum atomic E-state index is 12.6. The van der Waals surface area contributed by atoms with Gasteiger partial charge < -0.3 is 9.88 Å². The van der Waals surface area contributed by atoms with E-state index in [1.807, 2.05) is 19.1 Å². The number of nitrogens with zero attached hydrogens (tertiary/aromatic N) is 1. The number of aromatic nitrogens is 1. The molecule has 132 valence electrons. The fraction of sp³-hybridized carbons (Fsp3) is 0.100. The van der Waals surface area contributed by atoms with Crippen LogP contribution < -0.4 is 10.9 Å². The molecule has 1 N–H and O–H groups in total. The molecule has 0 atom stereocenters. The average molecular weight is 387 g/mol. The molecule has 0 aliphatic heterocycles. The molecule has 3 rings (SSSR count). The fourth-order valence-corrected chi connectivity index (χ4v) is 2.81. The predicted molar refractivity (Wildman–Crippen MR) is 105 cm³/mol. The first-order valence-corrected chi connectivity index (χ1v) is 8.71. The number of pyridine rings is 1. The summed E-state index contributed by atoms with van der Waals surface area (Å²) in [4.78, 5) is 24.7. The van der Waals surface area contributed by atoms with Crippen LogP contribution in [0.5, 0.6) is 0 Å². The van der Waals surface area contributed by atoms with Crippen LogP contribution in [0.4, 0.5) is 5.69 Å². The first kappa shape index (κ1) is 18.2. The van der Waals surface area contributed by atoms with Crippen molar-refractivity contribution in [1.82, 2.24) is 4.57 Å². The van der Waals surface area contributed by atoms with E-state index in [-0.39, 0.29) is 11.5 Å². The van der Waals surface area contributed by atoms with Crippen molar-refractivity contribution in [1.29, 1.82) is 0 Å². The summed E-state index contributed by atoms with van der Waals surface area (Å²) < 4.78 is 1.49. The molecule has 0 saturated heterocycles. The standard InChI is InChI=1S/C20H16Cl2N2O2/c1-13-17(22)3-2-4-18(13)23-20(26)15-7-10-19(25)24(12-15)11-14-5-8-16(21)9-6-14/h2-10,12H,11H2,1H3,(H,23,26). The number of benzene rings is 2. The zero-order valence-electron chi connectivity index (χ0n) is 14.0. The Labute approximate surface area is 161 Å². The van der Waals surface area contributed by atoms with Gasteiger partial charge in [0, 0.05) is 28.0 Å². The molecule has 0 aliphatic rings. The van der Waals surface area contributed by atoms with Crippen molar-refractivity contribution in [3.8, 4) is 0 Å². The lowest BCUT2D eigenvalue weighted by Crippen LogP contribution is -2.22. The van der Waals surface area contributed by atoms with Gasteiger partial charge in [-0.2, -0.15) is 0 Å². The SMILES string of the molecule is Cc1c(Cl)cccc1NC(=O)c1ccc(=O)n(Cc2ccc(Cl)cc2)c1. The highest BCUT2D eigenvalue weighted by Gasteiger charge is 2.11. The molecule has 0 bridgehead atoms. The molecule has 1 aromatic heterocycles. The number of hydrogen-bond donors (Lipinski definition) is 1. The van der Waals surface area contributed by atoms with Gasteiger partial charge >= 0.3 is 0 Å². The summed E-state index contributed by atoms with van der Waals surface area (Å²) in [6.45, 7) is 2.19. The molecule has 1 amide bonds. The summed E-state index contributed by atoms with van der Waals surface area (Å²) in [5, 5.41) is 4.04. The van der Waals surface area contributed by atoms with Gasteiger partial charge in [-0.3, -0.25) is 9.59 Å². The molecular weight excluding hydrogens is 371 g/mol. The van der Waals surface area contributed by atoms with Gasteiger partial charge in [-0.15, -0.1) is 0 Å². The maximum Gasteiger partial charge on any atom is 0.257 e. The maximum absolute atomic E-state index is 12.6. The zero-order valence-corrected chi connectivity index (χ0v) is 15.5. The summed E-state index contributed by atoms with van der Waals surface area (Å²) in [5.41, 5.74) is 2.54. The number of hydrogen-bond acceptors (Lipinski definition) is 2. The van der Waals surface area contributed by atoms with E-state index >= 15 is 0 Å². The molecule has 0 fully saturated rings. The molecule has 0 spiro atoms. The summed E-state index contributed by atoms with van der Waals surface area (Å²) in [5.74, 6) is -0.305. The lowest BCUT2D eigenvalue weighted by atomic mass is 10.2. The highest BCUT2D eigenvalue weighted by Crippen LogP contribution is 2.23. The minimum absolute atomic E-state index is 0.185. The second-order valence-electron chi connectivity index (χ2n) is 5.88. The lowest BCUT2D eigenvalue weighted by Gasteiger charge is -2.11. The highest BCUT2D eigenvalue weighted by atomic mass is 35.5. The van der Waals surface area contributed by atoms with Gasteiger partial charge in [0.15, 0.2) is 0 Å². The number of halogens is 2. The van der Waals surface area contributed by atoms with Crippen LogP contribution in [0.3, 0.4) is 0 Å². The van der Waals surface area contributed by atoms with Crippen LogP contribution in [0.15, 0.2) is 65.6 Å². The molecule has 4 nitrogen and oxygen atoms in total. The normalized spacial score (nSPS) is 10.6. The summed E-state index contributed by atoms with van der Waals surface area (Å²) in [6.07, 6.45) is 1.55. The van der Waals surface area contributed by atoms with E-state index in [1.54, 1.807) is 36.5 Å². The third-order valence-electron chi connectivity index (χ3n) is 4.03. The van der Waals surface area contributed by atoms with Crippen LogP contribution >= 0.6 is 23.2 Å². The zero-order chi connectivity index (χ0) is 18.7. The summed E-state index contributed by atoms with van der Waals surface area (Å²) >= 11 is 12.0. The van der Waals surface area contributed by atoms with Crippen molar-refractivity contribution < 1.29 is 4.79 Å². The average Bonchev–Trinajstić information content (AvgIpc) is 2.62. The molecule has 1 heterocycles. The number of carbonyl (C=O) groups excluding carboxylic acids is 1. The van der Waals surface area contributed by atoms with Gasteiger partial charge in [0.2, 0.25) is 0 Å². The van der Waals surface area contributed by atoms with Crippen molar-refractivity contribution in [2.24, 2.45) is 0 Å². The van der Waals surface area contributed by atoms with E-state index in [0.29, 0.717) is 27.8 Å². The molecule has 3 aromatic rings. The number of carbonyl (C=O) groups is 1. The Kier molecular flexibility index (Phi) is 5.45. The van der Waals surface area contributed by atoms with Crippen LogP contribution in [0.25, 0.3) is 0 Å². The molecule has 26 heavy (non-hydrogen) atoms.